The predicted octanol–water partition coefficient (Wildman–Crippen LogP) is 0.247. The summed E-state index contributed by atoms with van der Waals surface area (Å²) in [4.78, 5) is 25.0. The van der Waals surface area contributed by atoms with Gasteiger partial charge in [-0.05, 0) is 0 Å². The van der Waals surface area contributed by atoms with Gasteiger partial charge in [-0.25, -0.2) is 0 Å². The van der Waals surface area contributed by atoms with Crippen LogP contribution in [-0.4, -0.2) is 47.8 Å². The highest BCUT2D eigenvalue weighted by Crippen LogP contribution is 2.41. The molecule has 2 aromatic heterocycles. The molecule has 2 N–H and O–H groups in total. The molecule has 0 saturated carbocycles. The molecule has 2 heterocycles. The van der Waals surface area contributed by atoms with Gasteiger partial charge >= 0.3 is 23.0 Å². The second kappa shape index (κ2) is 7.01. The molecule has 19 heteroatoms. The Labute approximate surface area is 134 Å². The largest absolute Gasteiger partial charge is 0.759 e. The fraction of sp³-hybridized carbons (Fsp3) is 0. The molecule has 25 heavy (non-hydrogen) atoms. The molecular formula is C6H2N10O8S. The van der Waals surface area contributed by atoms with Crippen LogP contribution < -0.4 is 0 Å². The van der Waals surface area contributed by atoms with E-state index in [1.54, 1.807) is 0 Å². The van der Waals surface area contributed by atoms with Crippen molar-refractivity contribution in [1.82, 2.24) is 20.4 Å². The lowest BCUT2D eigenvalue weighted by atomic mass is 10.2. The first-order valence-corrected chi connectivity index (χ1v) is 6.67. The Hall–Kier alpha value is -4.07. The second-order valence-electron chi connectivity index (χ2n) is 3.66. The van der Waals surface area contributed by atoms with E-state index in [2.05, 4.69) is 30.3 Å². The standard InChI is InChI=1S/C6HN10O4.H2O4S/c7-9-5-3(15(17)18)1(11-13-5)2-4(16(19)20)6(10-8)14-12-2;1-5(2,3)4/h7H;(H2,1,2,3,4)/q+1;/p-1. The van der Waals surface area contributed by atoms with Crippen molar-refractivity contribution in [2.24, 2.45) is 0 Å². The first kappa shape index (κ1) is 19.0. The Balaban J connectivity index is 0.000000550. The van der Waals surface area contributed by atoms with Crippen molar-refractivity contribution < 1.29 is 27.4 Å². The van der Waals surface area contributed by atoms with Crippen LogP contribution in [0.5, 0.6) is 0 Å². The predicted molar refractivity (Wildman–Crippen MR) is 69.4 cm³/mol. The van der Waals surface area contributed by atoms with Gasteiger partial charge in [0.1, 0.15) is 0 Å². The van der Waals surface area contributed by atoms with Gasteiger partial charge in [-0.1, -0.05) is 0 Å². The summed E-state index contributed by atoms with van der Waals surface area (Å²) >= 11 is 0. The number of hydrogen-bond donors (Lipinski definition) is 2. The van der Waals surface area contributed by atoms with E-state index in [-0.39, 0.29) is 0 Å². The van der Waals surface area contributed by atoms with Crippen LogP contribution in [0.2, 0.25) is 0 Å². The average molecular weight is 374 g/mol. The van der Waals surface area contributed by atoms with Crippen LogP contribution in [0.3, 0.4) is 0 Å². The monoisotopic (exact) mass is 374 g/mol. The number of H-pyrrole nitrogens is 2. The zero-order chi connectivity index (χ0) is 19.4. The third-order valence-corrected chi connectivity index (χ3v) is 2.25. The van der Waals surface area contributed by atoms with E-state index in [1.807, 2.05) is 0 Å². The number of aromatic nitrogens is 4. The highest BCUT2D eigenvalue weighted by Gasteiger charge is 2.44. The highest BCUT2D eigenvalue weighted by atomic mass is 32.3. The molecule has 0 unspecified atom stereocenters. The van der Waals surface area contributed by atoms with Crippen LogP contribution in [0, 0.1) is 31.0 Å². The molecule has 2 aromatic rings. The first-order chi connectivity index (χ1) is 11.5. The number of nitrogens with zero attached hydrogens (tertiary/aromatic N) is 8. The van der Waals surface area contributed by atoms with Crippen LogP contribution in [0.25, 0.3) is 21.3 Å². The summed E-state index contributed by atoms with van der Waals surface area (Å²) in [5.41, 5.74) is -2.50. The smallest absolute Gasteiger partial charge is 0.565 e. The highest BCUT2D eigenvalue weighted by molar-refractivity contribution is 7.79. The van der Waals surface area contributed by atoms with E-state index in [0.29, 0.717) is 0 Å². The van der Waals surface area contributed by atoms with Gasteiger partial charge in [-0.2, -0.15) is 10.2 Å². The summed E-state index contributed by atoms with van der Waals surface area (Å²) in [6.07, 6.45) is 0. The van der Waals surface area contributed by atoms with E-state index in [9.17, 15) is 20.2 Å². The zero-order valence-electron chi connectivity index (χ0n) is 11.3. The molecule has 0 atom stereocenters. The maximum absolute atomic E-state index is 10.9. The molecule has 130 valence electrons. The lowest BCUT2D eigenvalue weighted by Crippen LogP contribution is -1.93. The number of aromatic amines is 2. The number of nitrogens with one attached hydrogen (secondary N) is 2. The summed E-state index contributed by atoms with van der Waals surface area (Å²) in [6.45, 7) is 0. The van der Waals surface area contributed by atoms with Gasteiger partial charge in [0.25, 0.3) is 0 Å². The van der Waals surface area contributed by atoms with Crippen molar-refractivity contribution >= 4 is 33.4 Å². The Morgan fingerprint density at radius 1 is 0.880 bits per heavy atom. The fourth-order valence-corrected chi connectivity index (χ4v) is 1.49. The molecule has 0 spiro atoms. The van der Waals surface area contributed by atoms with Crippen molar-refractivity contribution in [2.75, 3.05) is 0 Å². The van der Waals surface area contributed by atoms with Gasteiger partial charge in [-0.15, -0.1) is 0 Å². The quantitative estimate of drug-likeness (QED) is 0.240. The minimum atomic E-state index is -5.17. The fourth-order valence-electron chi connectivity index (χ4n) is 1.49. The summed E-state index contributed by atoms with van der Waals surface area (Å²) in [7, 11) is -5.17. The van der Waals surface area contributed by atoms with Gasteiger partial charge in [0.15, 0.2) is 0 Å². The topological polar surface area (TPSA) is 280 Å². The number of diazo groups is 2. The van der Waals surface area contributed by atoms with Crippen LogP contribution in [0.4, 0.5) is 23.0 Å². The van der Waals surface area contributed by atoms with Crippen molar-refractivity contribution in [1.29, 1.82) is 10.8 Å². The Bertz CT molecular complexity index is 945. The maximum Gasteiger partial charge on any atom is 0.565 e. The molecule has 0 aliphatic heterocycles. The molecule has 0 aliphatic carbocycles. The third kappa shape index (κ3) is 4.45. The molecule has 0 aliphatic rings. The molecule has 0 amide bonds. The van der Waals surface area contributed by atoms with E-state index in [1.165, 1.54) is 0 Å². The van der Waals surface area contributed by atoms with Crippen molar-refractivity contribution in [2.45, 2.75) is 0 Å². The molecule has 0 radical (unpaired) electrons. The molecule has 0 fully saturated rings. The molecule has 0 saturated heterocycles. The normalized spacial score (nSPS) is 10.1. The van der Waals surface area contributed by atoms with Gasteiger partial charge < -0.3 is 9.11 Å². The van der Waals surface area contributed by atoms with E-state index >= 15 is 0 Å². The number of rotatable bonds is 3. The minimum Gasteiger partial charge on any atom is -0.759 e. The zero-order valence-corrected chi connectivity index (χ0v) is 12.1. The van der Waals surface area contributed by atoms with Gasteiger partial charge in [0.05, 0.1) is 30.8 Å². The summed E-state index contributed by atoms with van der Waals surface area (Å²) in [5, 5.41) is 49.8. The first-order valence-electron chi connectivity index (χ1n) is 5.34. The molecule has 18 nitrogen and oxygen atoms in total. The van der Waals surface area contributed by atoms with Crippen molar-refractivity contribution in [3.8, 4) is 11.4 Å². The summed E-state index contributed by atoms with van der Waals surface area (Å²) < 4.78 is 34.1. The van der Waals surface area contributed by atoms with Crippen molar-refractivity contribution in [3.63, 3.8) is 0 Å². The maximum atomic E-state index is 10.9. The summed E-state index contributed by atoms with van der Waals surface area (Å²) in [6, 6.07) is 0. The molecule has 0 aromatic carbocycles. The van der Waals surface area contributed by atoms with Gasteiger partial charge in [-0.3, -0.25) is 28.6 Å². The van der Waals surface area contributed by atoms with Crippen LogP contribution in [0.1, 0.15) is 0 Å². The minimum absolute atomic E-state index is 0.447. The SMILES string of the molecule is N#[N+]c1n[nH]c(-c2[nH]nc([N+]#N)c2[N+](=O)[O-])c1[N+](=O)[O-].O=S(=O)([O-])[O-]. The molecule has 2 rings (SSSR count). The van der Waals surface area contributed by atoms with E-state index in [4.69, 9.17) is 28.3 Å². The Morgan fingerprint density at radius 3 is 1.36 bits per heavy atom. The molecule has 0 bridgehead atoms. The Kier molecular flexibility index (Phi) is 5.32. The lowest BCUT2D eigenvalue weighted by Gasteiger charge is -2.06. The van der Waals surface area contributed by atoms with Gasteiger partial charge in [0.2, 0.25) is 11.4 Å². The van der Waals surface area contributed by atoms with Crippen LogP contribution in [-0.2, 0) is 10.4 Å². The van der Waals surface area contributed by atoms with E-state index in [0.717, 1.165) is 0 Å². The third-order valence-electron chi connectivity index (χ3n) is 2.25. The van der Waals surface area contributed by atoms with Crippen molar-refractivity contribution in [3.05, 3.63) is 30.2 Å². The lowest BCUT2D eigenvalue weighted by molar-refractivity contribution is -0.385. The number of nitro groups is 2. The van der Waals surface area contributed by atoms with Crippen LogP contribution in [0.15, 0.2) is 0 Å². The van der Waals surface area contributed by atoms with Crippen LogP contribution >= 0.6 is 0 Å². The average Bonchev–Trinajstić information content (AvgIpc) is 3.08. The van der Waals surface area contributed by atoms with Gasteiger partial charge in [0, 0.05) is 20.4 Å². The summed E-state index contributed by atoms with van der Waals surface area (Å²) in [5.74, 6) is -1.34. The Morgan fingerprint density at radius 2 is 1.16 bits per heavy atom. The number of hydrogen-bond acceptors (Lipinski definition) is 12. The molecular weight excluding hydrogens is 372 g/mol. The van der Waals surface area contributed by atoms with E-state index < -0.39 is 54.6 Å². The second-order valence-corrected chi connectivity index (χ2v) is 4.48.